The first-order valence-electron chi connectivity index (χ1n) is 5.02. The highest BCUT2D eigenvalue weighted by atomic mass is 35.5. The zero-order valence-electron chi connectivity index (χ0n) is 9.65. The molecule has 0 fully saturated rings. The predicted octanol–water partition coefficient (Wildman–Crippen LogP) is 1.71. The number of nitrogens with two attached hydrogens (primary N) is 1. The van der Waals surface area contributed by atoms with Gasteiger partial charge in [-0.25, -0.2) is 12.8 Å². The van der Waals surface area contributed by atoms with Gasteiger partial charge in [-0.05, 0) is 12.1 Å². The summed E-state index contributed by atoms with van der Waals surface area (Å²) in [4.78, 5) is -0.565. The largest absolute Gasteiger partial charge is 0.396 e. The second-order valence-electron chi connectivity index (χ2n) is 3.44. The van der Waals surface area contributed by atoms with Crippen LogP contribution in [0, 0.1) is 18.2 Å². The molecule has 4 nitrogen and oxygen atoms in total. The van der Waals surface area contributed by atoms with Gasteiger partial charge in [0.15, 0.2) is 5.82 Å². The lowest BCUT2D eigenvalue weighted by molar-refractivity contribution is 0.458. The van der Waals surface area contributed by atoms with Gasteiger partial charge >= 0.3 is 0 Å². The monoisotopic (exact) mass is 290 g/mol. The molecule has 0 saturated carbocycles. The van der Waals surface area contributed by atoms with Gasteiger partial charge in [0, 0.05) is 11.6 Å². The molecular formula is C11H12ClFN2O2S. The fourth-order valence-electron chi connectivity index (χ4n) is 1.38. The molecule has 1 rings (SSSR count). The molecule has 0 unspecified atom stereocenters. The average Bonchev–Trinajstić information content (AvgIpc) is 2.30. The van der Waals surface area contributed by atoms with Crippen molar-refractivity contribution >= 4 is 27.3 Å². The van der Waals surface area contributed by atoms with E-state index in [4.69, 9.17) is 23.8 Å². The molecule has 0 heterocycles. The van der Waals surface area contributed by atoms with Crippen LogP contribution in [0.2, 0.25) is 5.02 Å². The maximum atomic E-state index is 13.8. The first-order chi connectivity index (χ1) is 8.34. The Morgan fingerprint density at radius 2 is 2.17 bits per heavy atom. The first-order valence-corrected chi connectivity index (χ1v) is 6.84. The molecule has 0 aliphatic carbocycles. The van der Waals surface area contributed by atoms with E-state index in [-0.39, 0.29) is 23.8 Å². The number of halogens is 2. The quantitative estimate of drug-likeness (QED) is 0.678. The fourth-order valence-corrected chi connectivity index (χ4v) is 3.15. The minimum atomic E-state index is -4.04. The zero-order chi connectivity index (χ0) is 13.9. The van der Waals surface area contributed by atoms with Crippen molar-refractivity contribution in [2.45, 2.75) is 11.8 Å². The molecular weight excluding hydrogens is 279 g/mol. The van der Waals surface area contributed by atoms with Gasteiger partial charge < -0.3 is 5.73 Å². The van der Waals surface area contributed by atoms with Gasteiger partial charge in [0.25, 0.3) is 0 Å². The molecule has 18 heavy (non-hydrogen) atoms. The Morgan fingerprint density at radius 1 is 1.56 bits per heavy atom. The highest BCUT2D eigenvalue weighted by Gasteiger charge is 2.27. The van der Waals surface area contributed by atoms with E-state index >= 15 is 0 Å². The zero-order valence-corrected chi connectivity index (χ0v) is 11.2. The summed E-state index contributed by atoms with van der Waals surface area (Å²) in [5, 5.41) is 0.0456. The van der Waals surface area contributed by atoms with Gasteiger partial charge in [0.05, 0.1) is 12.2 Å². The van der Waals surface area contributed by atoms with Crippen molar-refractivity contribution in [2.75, 3.05) is 18.8 Å². The Balaban J connectivity index is 3.41. The van der Waals surface area contributed by atoms with Crippen molar-refractivity contribution < 1.29 is 12.8 Å². The molecule has 1 aromatic rings. The van der Waals surface area contributed by atoms with E-state index in [1.54, 1.807) is 6.92 Å². The summed E-state index contributed by atoms with van der Waals surface area (Å²) in [5.74, 6) is 1.18. The molecule has 2 N–H and O–H groups in total. The van der Waals surface area contributed by atoms with Crippen LogP contribution in [-0.2, 0) is 10.0 Å². The molecule has 0 saturated heterocycles. The van der Waals surface area contributed by atoms with Crippen LogP contribution in [0.25, 0.3) is 0 Å². The standard InChI is InChI=1S/C11H12ClFN2O2S/c1-3-5-15(4-2)18(16,17)10-7-8(12)6-9(14)11(10)13/h1,6-7H,4-5,14H2,2H3. The third kappa shape index (κ3) is 2.75. The summed E-state index contributed by atoms with van der Waals surface area (Å²) in [6, 6.07) is 2.16. The van der Waals surface area contributed by atoms with Crippen LogP contribution in [0.4, 0.5) is 10.1 Å². The number of hydrogen-bond donors (Lipinski definition) is 1. The Hall–Kier alpha value is -1.29. The number of hydrogen-bond acceptors (Lipinski definition) is 3. The summed E-state index contributed by atoms with van der Waals surface area (Å²) >= 11 is 5.68. The molecule has 0 spiro atoms. The van der Waals surface area contributed by atoms with Crippen molar-refractivity contribution in [3.05, 3.63) is 23.0 Å². The Labute approximate surface area is 111 Å². The molecule has 0 aromatic heterocycles. The minimum Gasteiger partial charge on any atom is -0.396 e. The van der Waals surface area contributed by atoms with E-state index in [2.05, 4.69) is 5.92 Å². The lowest BCUT2D eigenvalue weighted by Gasteiger charge is -2.18. The van der Waals surface area contributed by atoms with Crippen LogP contribution in [0.3, 0.4) is 0 Å². The van der Waals surface area contributed by atoms with Gasteiger partial charge in [0.1, 0.15) is 4.90 Å². The van der Waals surface area contributed by atoms with E-state index in [1.807, 2.05) is 0 Å². The number of nitrogens with zero attached hydrogens (tertiary/aromatic N) is 1. The van der Waals surface area contributed by atoms with Crippen molar-refractivity contribution in [1.82, 2.24) is 4.31 Å². The molecule has 7 heteroatoms. The summed E-state index contributed by atoms with van der Waals surface area (Å²) in [6.45, 7) is 1.57. The molecule has 98 valence electrons. The predicted molar refractivity (Wildman–Crippen MR) is 69.1 cm³/mol. The number of rotatable bonds is 4. The number of benzene rings is 1. The van der Waals surface area contributed by atoms with E-state index in [0.29, 0.717) is 0 Å². The van der Waals surface area contributed by atoms with Crippen LogP contribution in [0.15, 0.2) is 17.0 Å². The smallest absolute Gasteiger partial charge is 0.246 e. The summed E-state index contributed by atoms with van der Waals surface area (Å²) in [6.07, 6.45) is 5.08. The van der Waals surface area contributed by atoms with Crippen molar-refractivity contribution in [2.24, 2.45) is 0 Å². The Kier molecular flexibility index (Phi) is 4.57. The maximum absolute atomic E-state index is 13.8. The van der Waals surface area contributed by atoms with Crippen LogP contribution in [0.5, 0.6) is 0 Å². The van der Waals surface area contributed by atoms with Gasteiger partial charge in [-0.3, -0.25) is 0 Å². The van der Waals surface area contributed by atoms with E-state index in [0.717, 1.165) is 16.4 Å². The summed E-state index contributed by atoms with van der Waals surface area (Å²) in [5.41, 5.74) is 5.03. The Morgan fingerprint density at radius 3 is 2.67 bits per heavy atom. The molecule has 0 aliphatic rings. The molecule has 0 aliphatic heterocycles. The van der Waals surface area contributed by atoms with Gasteiger partial charge in [0.2, 0.25) is 10.0 Å². The van der Waals surface area contributed by atoms with Crippen molar-refractivity contribution in [3.8, 4) is 12.3 Å². The Bertz CT molecular complexity index is 596. The third-order valence-corrected chi connectivity index (χ3v) is 4.41. The second-order valence-corrected chi connectivity index (χ2v) is 5.79. The van der Waals surface area contributed by atoms with Gasteiger partial charge in [-0.1, -0.05) is 24.4 Å². The lowest BCUT2D eigenvalue weighted by Crippen LogP contribution is -2.32. The topological polar surface area (TPSA) is 63.4 Å². The first kappa shape index (κ1) is 14.8. The van der Waals surface area contributed by atoms with Crippen molar-refractivity contribution in [1.29, 1.82) is 0 Å². The molecule has 0 amide bonds. The average molecular weight is 291 g/mol. The van der Waals surface area contributed by atoms with Crippen molar-refractivity contribution in [3.63, 3.8) is 0 Å². The maximum Gasteiger partial charge on any atom is 0.246 e. The van der Waals surface area contributed by atoms with Crippen LogP contribution < -0.4 is 5.73 Å². The number of terminal acetylenes is 1. The van der Waals surface area contributed by atoms with Crippen LogP contribution in [-0.4, -0.2) is 25.8 Å². The molecule has 1 aromatic carbocycles. The summed E-state index contributed by atoms with van der Waals surface area (Å²) in [7, 11) is -4.04. The second kappa shape index (κ2) is 5.57. The number of anilines is 1. The van der Waals surface area contributed by atoms with E-state index in [9.17, 15) is 12.8 Å². The van der Waals surface area contributed by atoms with E-state index in [1.165, 1.54) is 0 Å². The number of sulfonamides is 1. The number of nitrogen functional groups attached to an aromatic ring is 1. The third-order valence-electron chi connectivity index (χ3n) is 2.27. The highest BCUT2D eigenvalue weighted by molar-refractivity contribution is 7.89. The SMILES string of the molecule is C#CCN(CC)S(=O)(=O)c1cc(Cl)cc(N)c1F. The van der Waals surface area contributed by atoms with Gasteiger partial charge in [-0.15, -0.1) is 6.42 Å². The fraction of sp³-hybridized carbons (Fsp3) is 0.273. The highest BCUT2D eigenvalue weighted by Crippen LogP contribution is 2.27. The molecule has 0 bridgehead atoms. The molecule has 0 atom stereocenters. The van der Waals surface area contributed by atoms with E-state index < -0.39 is 20.7 Å². The van der Waals surface area contributed by atoms with Gasteiger partial charge in [-0.2, -0.15) is 4.31 Å². The normalized spacial score (nSPS) is 11.5. The van der Waals surface area contributed by atoms with Crippen LogP contribution in [0.1, 0.15) is 6.92 Å². The summed E-state index contributed by atoms with van der Waals surface area (Å²) < 4.78 is 39.0. The lowest BCUT2D eigenvalue weighted by atomic mass is 10.3. The van der Waals surface area contributed by atoms with Crippen LogP contribution >= 0.6 is 11.6 Å². The molecule has 0 radical (unpaired) electrons. The minimum absolute atomic E-state index is 0.0456.